The Morgan fingerprint density at radius 2 is 2.11 bits per heavy atom. The Morgan fingerprint density at radius 1 is 1.26 bits per heavy atom. The molecule has 0 atom stereocenters. The summed E-state index contributed by atoms with van der Waals surface area (Å²) < 4.78 is 5.53. The lowest BCUT2D eigenvalue weighted by Gasteiger charge is -2.40. The lowest BCUT2D eigenvalue weighted by atomic mass is 9.69. The van der Waals surface area contributed by atoms with Crippen LogP contribution in [0.25, 0.3) is 11.0 Å². The van der Waals surface area contributed by atoms with Crippen molar-refractivity contribution in [2.75, 3.05) is 19.7 Å². The van der Waals surface area contributed by atoms with Gasteiger partial charge >= 0.3 is 0 Å². The minimum absolute atomic E-state index is 0.165. The first-order chi connectivity index (χ1) is 9.33. The minimum Gasteiger partial charge on any atom is -0.464 e. The second kappa shape index (κ2) is 5.35. The Morgan fingerprint density at radius 3 is 2.84 bits per heavy atom. The molecule has 0 amide bonds. The summed E-state index contributed by atoms with van der Waals surface area (Å²) in [7, 11) is 0. The van der Waals surface area contributed by atoms with Crippen LogP contribution in [0.15, 0.2) is 34.9 Å². The minimum atomic E-state index is 0.165. The molecule has 1 aromatic carbocycles. The summed E-state index contributed by atoms with van der Waals surface area (Å²) in [6, 6.07) is 8.15. The fourth-order valence-corrected chi connectivity index (χ4v) is 2.87. The molecule has 2 aromatic rings. The van der Waals surface area contributed by atoms with E-state index in [1.807, 2.05) is 24.5 Å². The molecule has 0 spiro atoms. The van der Waals surface area contributed by atoms with Crippen molar-refractivity contribution in [3.63, 3.8) is 0 Å². The predicted molar refractivity (Wildman–Crippen MR) is 76.2 cm³/mol. The second-order valence-corrected chi connectivity index (χ2v) is 5.70. The highest BCUT2D eigenvalue weighted by Crippen LogP contribution is 2.39. The average Bonchev–Trinajstić information content (AvgIpc) is 2.81. The molecule has 0 unspecified atom stereocenters. The molecular weight excluding hydrogens is 238 g/mol. The van der Waals surface area contributed by atoms with Crippen LogP contribution in [-0.2, 0) is 6.42 Å². The number of hydrogen-bond acceptors (Lipinski definition) is 3. The van der Waals surface area contributed by atoms with Crippen LogP contribution in [0.5, 0.6) is 0 Å². The third-order valence-electron chi connectivity index (χ3n) is 4.38. The standard InChI is InChI=1S/C16H21NO2/c18-12-16(7-3-8-16)11-17-9-6-13-10-19-15-5-2-1-4-14(13)15/h1-2,4-5,10,17-18H,3,6-9,11-12H2. The van der Waals surface area contributed by atoms with Gasteiger partial charge in [0.1, 0.15) is 5.58 Å². The Bertz CT molecular complexity index is 537. The number of aliphatic hydroxyl groups is 1. The molecule has 1 saturated carbocycles. The van der Waals surface area contributed by atoms with Gasteiger partial charge in [0.2, 0.25) is 0 Å². The summed E-state index contributed by atoms with van der Waals surface area (Å²) in [6.07, 6.45) is 6.40. The van der Waals surface area contributed by atoms with E-state index < -0.39 is 0 Å². The normalized spacial score (nSPS) is 17.5. The molecule has 1 heterocycles. The van der Waals surface area contributed by atoms with Crippen molar-refractivity contribution < 1.29 is 9.52 Å². The van der Waals surface area contributed by atoms with Crippen LogP contribution >= 0.6 is 0 Å². The first kappa shape index (κ1) is 12.7. The van der Waals surface area contributed by atoms with Crippen LogP contribution in [0.3, 0.4) is 0 Å². The Kier molecular flexibility index (Phi) is 3.58. The maximum absolute atomic E-state index is 9.41. The van der Waals surface area contributed by atoms with Crippen molar-refractivity contribution in [3.05, 3.63) is 36.1 Å². The highest BCUT2D eigenvalue weighted by molar-refractivity contribution is 5.80. The third kappa shape index (κ3) is 2.53. The summed E-state index contributed by atoms with van der Waals surface area (Å²) in [5, 5.41) is 14.1. The molecule has 2 N–H and O–H groups in total. The lowest BCUT2D eigenvalue weighted by Crippen LogP contribution is -2.43. The van der Waals surface area contributed by atoms with Crippen molar-refractivity contribution in [3.8, 4) is 0 Å². The second-order valence-electron chi connectivity index (χ2n) is 5.70. The van der Waals surface area contributed by atoms with Gasteiger partial charge in [-0.15, -0.1) is 0 Å². The zero-order valence-corrected chi connectivity index (χ0v) is 11.2. The Labute approximate surface area is 113 Å². The Balaban J connectivity index is 1.52. The smallest absolute Gasteiger partial charge is 0.134 e. The average molecular weight is 259 g/mol. The van der Waals surface area contributed by atoms with Gasteiger partial charge in [-0.2, -0.15) is 0 Å². The molecule has 19 heavy (non-hydrogen) atoms. The van der Waals surface area contributed by atoms with E-state index in [2.05, 4.69) is 11.4 Å². The van der Waals surface area contributed by atoms with Crippen LogP contribution in [0.2, 0.25) is 0 Å². The van der Waals surface area contributed by atoms with E-state index in [0.29, 0.717) is 6.61 Å². The third-order valence-corrected chi connectivity index (χ3v) is 4.38. The molecule has 102 valence electrons. The zero-order chi connectivity index (χ0) is 13.1. The molecule has 0 aliphatic heterocycles. The van der Waals surface area contributed by atoms with Gasteiger partial charge in [0.05, 0.1) is 6.26 Å². The van der Waals surface area contributed by atoms with Crippen molar-refractivity contribution in [2.45, 2.75) is 25.7 Å². The van der Waals surface area contributed by atoms with Crippen LogP contribution in [0.4, 0.5) is 0 Å². The maximum Gasteiger partial charge on any atom is 0.134 e. The summed E-state index contributed by atoms with van der Waals surface area (Å²) in [5.41, 5.74) is 2.39. The van der Waals surface area contributed by atoms with Crippen LogP contribution < -0.4 is 5.32 Å². The summed E-state index contributed by atoms with van der Waals surface area (Å²) in [4.78, 5) is 0. The number of aliphatic hydroxyl groups excluding tert-OH is 1. The molecule has 3 heteroatoms. The molecule has 0 saturated heterocycles. The highest BCUT2D eigenvalue weighted by Gasteiger charge is 2.35. The predicted octanol–water partition coefficient (Wildman–Crippen LogP) is 2.73. The lowest BCUT2D eigenvalue weighted by molar-refractivity contribution is 0.0451. The summed E-state index contributed by atoms with van der Waals surface area (Å²) in [6.45, 7) is 2.18. The number of fused-ring (bicyclic) bond motifs is 1. The molecule has 1 aliphatic rings. The number of benzene rings is 1. The molecule has 0 bridgehead atoms. The number of furan rings is 1. The van der Waals surface area contributed by atoms with Crippen molar-refractivity contribution in [1.82, 2.24) is 5.32 Å². The SMILES string of the molecule is OCC1(CNCCc2coc3ccccc23)CCC1. The first-order valence-corrected chi connectivity index (χ1v) is 7.10. The van der Waals surface area contributed by atoms with Crippen LogP contribution in [0, 0.1) is 5.41 Å². The van der Waals surface area contributed by atoms with E-state index in [9.17, 15) is 5.11 Å². The van der Waals surface area contributed by atoms with Crippen LogP contribution in [-0.4, -0.2) is 24.8 Å². The number of rotatable bonds is 6. The van der Waals surface area contributed by atoms with Gasteiger partial charge in [0, 0.05) is 24.0 Å². The molecule has 3 rings (SSSR count). The van der Waals surface area contributed by atoms with E-state index in [0.717, 1.165) is 37.9 Å². The van der Waals surface area contributed by atoms with E-state index in [1.165, 1.54) is 17.4 Å². The van der Waals surface area contributed by atoms with E-state index >= 15 is 0 Å². The van der Waals surface area contributed by atoms with Gasteiger partial charge < -0.3 is 14.8 Å². The van der Waals surface area contributed by atoms with Gasteiger partial charge in [0.15, 0.2) is 0 Å². The van der Waals surface area contributed by atoms with Crippen LogP contribution in [0.1, 0.15) is 24.8 Å². The van der Waals surface area contributed by atoms with Crippen molar-refractivity contribution in [1.29, 1.82) is 0 Å². The highest BCUT2D eigenvalue weighted by atomic mass is 16.3. The van der Waals surface area contributed by atoms with Gasteiger partial charge in [-0.05, 0) is 37.4 Å². The van der Waals surface area contributed by atoms with Gasteiger partial charge in [-0.3, -0.25) is 0 Å². The summed E-state index contributed by atoms with van der Waals surface area (Å²) >= 11 is 0. The molecule has 1 aromatic heterocycles. The number of nitrogens with one attached hydrogen (secondary N) is 1. The van der Waals surface area contributed by atoms with Gasteiger partial charge in [-0.25, -0.2) is 0 Å². The maximum atomic E-state index is 9.41. The van der Waals surface area contributed by atoms with E-state index in [4.69, 9.17) is 4.42 Å². The number of para-hydroxylation sites is 1. The number of hydrogen-bond donors (Lipinski definition) is 2. The quantitative estimate of drug-likeness (QED) is 0.784. The monoisotopic (exact) mass is 259 g/mol. The zero-order valence-electron chi connectivity index (χ0n) is 11.2. The Hall–Kier alpha value is -1.32. The van der Waals surface area contributed by atoms with Gasteiger partial charge in [0.25, 0.3) is 0 Å². The van der Waals surface area contributed by atoms with Crippen molar-refractivity contribution in [2.24, 2.45) is 5.41 Å². The fraction of sp³-hybridized carbons (Fsp3) is 0.500. The summed E-state index contributed by atoms with van der Waals surface area (Å²) in [5.74, 6) is 0. The van der Waals surface area contributed by atoms with Gasteiger partial charge in [-0.1, -0.05) is 24.6 Å². The molecule has 1 aliphatic carbocycles. The molecule has 1 fully saturated rings. The topological polar surface area (TPSA) is 45.4 Å². The first-order valence-electron chi connectivity index (χ1n) is 7.10. The molecule has 3 nitrogen and oxygen atoms in total. The molecular formula is C16H21NO2. The van der Waals surface area contributed by atoms with E-state index in [1.54, 1.807) is 0 Å². The molecule has 0 radical (unpaired) electrons. The van der Waals surface area contributed by atoms with Crippen molar-refractivity contribution >= 4 is 11.0 Å². The van der Waals surface area contributed by atoms with E-state index in [-0.39, 0.29) is 5.41 Å². The fourth-order valence-electron chi connectivity index (χ4n) is 2.87. The largest absolute Gasteiger partial charge is 0.464 e.